The first-order chi connectivity index (χ1) is 9.62. The average molecular weight is 279 g/mol. The van der Waals surface area contributed by atoms with Crippen molar-refractivity contribution < 1.29 is 14.3 Å². The Labute approximate surface area is 119 Å². The molecule has 1 heterocycles. The topological polar surface area (TPSA) is 71.5 Å². The van der Waals surface area contributed by atoms with Gasteiger partial charge in [0.05, 0.1) is 7.11 Å². The smallest absolute Gasteiger partial charge is 0.356 e. The zero-order chi connectivity index (χ0) is 15.0. The Hall–Kier alpha value is -1.95. The van der Waals surface area contributed by atoms with Gasteiger partial charge in [0.25, 0.3) is 5.91 Å². The molecule has 0 saturated heterocycles. The predicted molar refractivity (Wildman–Crippen MR) is 75.7 cm³/mol. The zero-order valence-electron chi connectivity index (χ0n) is 12.2. The summed E-state index contributed by atoms with van der Waals surface area (Å²) in [5.74, 6) is -0.842. The molecule has 20 heavy (non-hydrogen) atoms. The molecule has 1 N–H and O–H groups in total. The Bertz CT molecular complexity index is 459. The van der Waals surface area contributed by atoms with Crippen molar-refractivity contribution in [3.63, 3.8) is 0 Å². The number of pyridine rings is 1. The highest BCUT2D eigenvalue weighted by Crippen LogP contribution is 2.01. The van der Waals surface area contributed by atoms with Crippen molar-refractivity contribution in [3.05, 3.63) is 29.6 Å². The van der Waals surface area contributed by atoms with Gasteiger partial charge in [-0.05, 0) is 25.2 Å². The maximum atomic E-state index is 11.9. The summed E-state index contributed by atoms with van der Waals surface area (Å²) < 4.78 is 4.57. The average Bonchev–Trinajstić information content (AvgIpc) is 2.50. The molecular formula is C14H21N3O3. The molecule has 1 aromatic rings. The lowest BCUT2D eigenvalue weighted by Crippen LogP contribution is -2.35. The fourth-order valence-electron chi connectivity index (χ4n) is 1.74. The third kappa shape index (κ3) is 4.62. The van der Waals surface area contributed by atoms with Crippen molar-refractivity contribution >= 4 is 11.9 Å². The molecule has 0 unspecified atom stereocenters. The lowest BCUT2D eigenvalue weighted by molar-refractivity contribution is 0.0594. The Morgan fingerprint density at radius 3 is 2.50 bits per heavy atom. The number of carbonyl (C=O) groups excluding carboxylic acids is 2. The summed E-state index contributed by atoms with van der Waals surface area (Å²) in [5.41, 5.74) is 0.344. The van der Waals surface area contributed by atoms with E-state index in [1.54, 1.807) is 12.1 Å². The molecule has 110 valence electrons. The maximum absolute atomic E-state index is 11.9. The van der Waals surface area contributed by atoms with Gasteiger partial charge in [0.15, 0.2) is 0 Å². The number of rotatable bonds is 7. The van der Waals surface area contributed by atoms with Crippen molar-refractivity contribution in [3.8, 4) is 0 Å². The van der Waals surface area contributed by atoms with Gasteiger partial charge >= 0.3 is 5.97 Å². The van der Waals surface area contributed by atoms with E-state index in [1.165, 1.54) is 13.2 Å². The number of esters is 1. The number of ether oxygens (including phenoxy) is 1. The van der Waals surface area contributed by atoms with Crippen LogP contribution in [0, 0.1) is 0 Å². The van der Waals surface area contributed by atoms with Gasteiger partial charge in [0.2, 0.25) is 0 Å². The second kappa shape index (κ2) is 8.27. The third-order valence-corrected chi connectivity index (χ3v) is 2.98. The molecule has 6 nitrogen and oxygen atoms in total. The molecule has 1 aromatic heterocycles. The number of likely N-dealkylation sites (N-methyl/N-ethyl adjacent to an activating group) is 1. The van der Waals surface area contributed by atoms with E-state index in [-0.39, 0.29) is 17.3 Å². The Morgan fingerprint density at radius 2 is 1.90 bits per heavy atom. The summed E-state index contributed by atoms with van der Waals surface area (Å²) in [6.45, 7) is 7.38. The summed E-state index contributed by atoms with van der Waals surface area (Å²) in [6.07, 6.45) is 0. The van der Waals surface area contributed by atoms with Crippen molar-refractivity contribution in [2.24, 2.45) is 0 Å². The Morgan fingerprint density at radius 1 is 1.25 bits per heavy atom. The van der Waals surface area contributed by atoms with Gasteiger partial charge in [-0.3, -0.25) is 4.79 Å². The molecule has 1 rings (SSSR count). The highest BCUT2D eigenvalue weighted by molar-refractivity contribution is 5.94. The van der Waals surface area contributed by atoms with Crippen LogP contribution in [0.15, 0.2) is 18.2 Å². The SMILES string of the molecule is CCN(CC)CCNC(=O)c1cccc(C(=O)OC)n1. The number of hydrogen-bond acceptors (Lipinski definition) is 5. The third-order valence-electron chi connectivity index (χ3n) is 2.98. The van der Waals surface area contributed by atoms with Crippen molar-refractivity contribution in [2.45, 2.75) is 13.8 Å². The van der Waals surface area contributed by atoms with E-state index >= 15 is 0 Å². The number of methoxy groups -OCH3 is 1. The molecule has 0 aromatic carbocycles. The minimum atomic E-state index is -0.553. The molecule has 0 aliphatic carbocycles. The fourth-order valence-corrected chi connectivity index (χ4v) is 1.74. The molecule has 0 fully saturated rings. The summed E-state index contributed by atoms with van der Waals surface area (Å²) in [6, 6.07) is 4.69. The van der Waals surface area contributed by atoms with E-state index in [9.17, 15) is 9.59 Å². The van der Waals surface area contributed by atoms with Gasteiger partial charge in [-0.25, -0.2) is 9.78 Å². The summed E-state index contributed by atoms with van der Waals surface area (Å²) in [5, 5.41) is 2.79. The van der Waals surface area contributed by atoms with Crippen molar-refractivity contribution in [2.75, 3.05) is 33.3 Å². The van der Waals surface area contributed by atoms with Gasteiger partial charge in [-0.15, -0.1) is 0 Å². The van der Waals surface area contributed by atoms with Gasteiger partial charge in [-0.2, -0.15) is 0 Å². The Kier molecular flexibility index (Phi) is 6.66. The van der Waals surface area contributed by atoms with Crippen LogP contribution in [0.1, 0.15) is 34.8 Å². The van der Waals surface area contributed by atoms with Crippen LogP contribution in [0.5, 0.6) is 0 Å². The first kappa shape index (κ1) is 16.1. The van der Waals surface area contributed by atoms with Crippen molar-refractivity contribution in [1.29, 1.82) is 0 Å². The quantitative estimate of drug-likeness (QED) is 0.752. The van der Waals surface area contributed by atoms with E-state index < -0.39 is 5.97 Å². The summed E-state index contributed by atoms with van der Waals surface area (Å²) in [7, 11) is 1.28. The number of aromatic nitrogens is 1. The van der Waals surface area contributed by atoms with Crippen LogP contribution >= 0.6 is 0 Å². The largest absolute Gasteiger partial charge is 0.464 e. The van der Waals surface area contributed by atoms with Crippen LogP contribution in [0.25, 0.3) is 0 Å². The lowest BCUT2D eigenvalue weighted by atomic mass is 10.3. The summed E-state index contributed by atoms with van der Waals surface area (Å²) in [4.78, 5) is 29.5. The predicted octanol–water partition coefficient (Wildman–Crippen LogP) is 0.940. The first-order valence-corrected chi connectivity index (χ1v) is 6.68. The lowest BCUT2D eigenvalue weighted by Gasteiger charge is -2.17. The molecule has 0 atom stereocenters. The van der Waals surface area contributed by atoms with Gasteiger partial charge in [-0.1, -0.05) is 19.9 Å². The highest BCUT2D eigenvalue weighted by Gasteiger charge is 2.12. The molecule has 0 bridgehead atoms. The van der Waals surface area contributed by atoms with Crippen molar-refractivity contribution in [1.82, 2.24) is 15.2 Å². The molecule has 0 aliphatic heterocycles. The van der Waals surface area contributed by atoms with Gasteiger partial charge in [0.1, 0.15) is 11.4 Å². The van der Waals surface area contributed by atoms with Crippen LogP contribution in [0.3, 0.4) is 0 Å². The molecule has 6 heteroatoms. The second-order valence-electron chi connectivity index (χ2n) is 4.18. The fraction of sp³-hybridized carbons (Fsp3) is 0.500. The van der Waals surface area contributed by atoms with Gasteiger partial charge < -0.3 is 15.0 Å². The van der Waals surface area contributed by atoms with Crippen LogP contribution < -0.4 is 5.32 Å². The molecule has 0 saturated carbocycles. The minimum absolute atomic E-state index is 0.129. The number of hydrogen-bond donors (Lipinski definition) is 1. The van der Waals surface area contributed by atoms with E-state index in [2.05, 4.69) is 33.8 Å². The number of nitrogens with zero attached hydrogens (tertiary/aromatic N) is 2. The summed E-state index contributed by atoms with van der Waals surface area (Å²) >= 11 is 0. The maximum Gasteiger partial charge on any atom is 0.356 e. The molecule has 0 spiro atoms. The Balaban J connectivity index is 2.57. The zero-order valence-corrected chi connectivity index (χ0v) is 12.2. The first-order valence-electron chi connectivity index (χ1n) is 6.68. The normalized spacial score (nSPS) is 10.4. The van der Waals surface area contributed by atoms with E-state index in [0.29, 0.717) is 6.54 Å². The number of amides is 1. The minimum Gasteiger partial charge on any atom is -0.464 e. The van der Waals surface area contributed by atoms with Gasteiger partial charge in [0, 0.05) is 13.1 Å². The monoisotopic (exact) mass is 279 g/mol. The number of carbonyl (C=O) groups is 2. The van der Waals surface area contributed by atoms with E-state index in [4.69, 9.17) is 0 Å². The van der Waals surface area contributed by atoms with E-state index in [0.717, 1.165) is 19.6 Å². The van der Waals surface area contributed by atoms with Crippen LogP contribution in [0.4, 0.5) is 0 Å². The van der Waals surface area contributed by atoms with Crippen LogP contribution in [-0.4, -0.2) is 55.0 Å². The van der Waals surface area contributed by atoms with Crippen LogP contribution in [0.2, 0.25) is 0 Å². The molecule has 1 amide bonds. The van der Waals surface area contributed by atoms with Crippen LogP contribution in [-0.2, 0) is 4.74 Å². The highest BCUT2D eigenvalue weighted by atomic mass is 16.5. The second-order valence-corrected chi connectivity index (χ2v) is 4.18. The molecule has 0 aliphatic rings. The standard InChI is InChI=1S/C14H21N3O3/c1-4-17(5-2)10-9-15-13(18)11-7-6-8-12(16-11)14(19)20-3/h6-8H,4-5,9-10H2,1-3H3,(H,15,18). The molecular weight excluding hydrogens is 258 g/mol. The van der Waals surface area contributed by atoms with E-state index in [1.807, 2.05) is 0 Å². The molecule has 0 radical (unpaired) electrons. The number of nitrogens with one attached hydrogen (secondary N) is 1.